The average Bonchev–Trinajstić information content (AvgIpc) is 2.50. The van der Waals surface area contributed by atoms with Crippen LogP contribution in [0.5, 0.6) is 0 Å². The molecule has 0 radical (unpaired) electrons. The van der Waals surface area contributed by atoms with E-state index in [9.17, 15) is 0 Å². The molecule has 1 saturated carbocycles. The number of thioether (sulfide) groups is 1. The van der Waals surface area contributed by atoms with Crippen LogP contribution in [0.1, 0.15) is 57.6 Å². The third-order valence-corrected chi connectivity index (χ3v) is 5.50. The molecule has 1 aliphatic rings. The molecule has 3 N–H and O–H groups in total. The number of hydrogen-bond donors (Lipinski definition) is 2. The summed E-state index contributed by atoms with van der Waals surface area (Å²) < 4.78 is 0. The first-order valence-electron chi connectivity index (χ1n) is 7.97. The Morgan fingerprint density at radius 1 is 1.25 bits per heavy atom. The maximum Gasteiger partial charge on any atom is 0.0488 e. The van der Waals surface area contributed by atoms with Crippen molar-refractivity contribution in [1.29, 1.82) is 0 Å². The summed E-state index contributed by atoms with van der Waals surface area (Å²) in [5, 5.41) is 0. The second-order valence-corrected chi connectivity index (χ2v) is 7.18. The minimum absolute atomic E-state index is 0.310. The molecule has 0 aromatic heterocycles. The molecule has 0 heterocycles. The summed E-state index contributed by atoms with van der Waals surface area (Å²) >= 11 is 1.89. The van der Waals surface area contributed by atoms with Crippen LogP contribution in [0.4, 0.5) is 0 Å². The first-order chi connectivity index (χ1) is 9.78. The molecule has 3 atom stereocenters. The topological polar surface area (TPSA) is 38.0 Å². The Hall–Kier alpha value is -0.510. The number of nitrogens with two attached hydrogens (primary N) is 1. The second kappa shape index (κ2) is 8.06. The molecule has 0 aliphatic heterocycles. The van der Waals surface area contributed by atoms with Crippen molar-refractivity contribution >= 4 is 11.8 Å². The fourth-order valence-electron chi connectivity index (χ4n) is 3.45. The van der Waals surface area contributed by atoms with Gasteiger partial charge in [-0.2, -0.15) is 0 Å². The minimum atomic E-state index is 0.310. The van der Waals surface area contributed by atoms with Gasteiger partial charge >= 0.3 is 0 Å². The van der Waals surface area contributed by atoms with Gasteiger partial charge in [0.15, 0.2) is 0 Å². The van der Waals surface area contributed by atoms with Crippen LogP contribution in [0, 0.1) is 11.8 Å². The van der Waals surface area contributed by atoms with Gasteiger partial charge in [-0.3, -0.25) is 11.3 Å². The van der Waals surface area contributed by atoms with Gasteiger partial charge in [-0.05, 0) is 48.1 Å². The number of nitrogens with one attached hydrogen (secondary N) is 1. The van der Waals surface area contributed by atoms with Crippen molar-refractivity contribution in [3.63, 3.8) is 0 Å². The fourth-order valence-corrected chi connectivity index (χ4v) is 4.11. The number of hydrazine groups is 1. The molecular weight excluding hydrogens is 264 g/mol. The van der Waals surface area contributed by atoms with Crippen molar-refractivity contribution in [2.75, 3.05) is 5.75 Å². The largest absolute Gasteiger partial charge is 0.271 e. The maximum absolute atomic E-state index is 5.86. The van der Waals surface area contributed by atoms with E-state index in [1.54, 1.807) is 0 Å². The van der Waals surface area contributed by atoms with Crippen molar-refractivity contribution in [1.82, 2.24) is 5.43 Å². The van der Waals surface area contributed by atoms with Crippen LogP contribution in [-0.2, 0) is 0 Å². The van der Waals surface area contributed by atoms with Crippen LogP contribution in [0.2, 0.25) is 0 Å². The lowest BCUT2D eigenvalue weighted by Gasteiger charge is -2.34. The molecule has 1 aromatic rings. The van der Waals surface area contributed by atoms with Crippen LogP contribution in [0.15, 0.2) is 29.2 Å². The van der Waals surface area contributed by atoms with Crippen molar-refractivity contribution in [2.24, 2.45) is 17.7 Å². The second-order valence-electron chi connectivity index (χ2n) is 5.85. The van der Waals surface area contributed by atoms with Gasteiger partial charge in [0.05, 0.1) is 0 Å². The van der Waals surface area contributed by atoms with Gasteiger partial charge in [0, 0.05) is 10.9 Å². The molecule has 3 heteroatoms. The van der Waals surface area contributed by atoms with Gasteiger partial charge in [-0.25, -0.2) is 0 Å². The highest BCUT2D eigenvalue weighted by Gasteiger charge is 2.28. The quantitative estimate of drug-likeness (QED) is 0.460. The van der Waals surface area contributed by atoms with Gasteiger partial charge in [0.1, 0.15) is 0 Å². The Bertz CT molecular complexity index is 390. The molecule has 3 unspecified atom stereocenters. The van der Waals surface area contributed by atoms with Gasteiger partial charge in [-0.15, -0.1) is 11.8 Å². The average molecular weight is 292 g/mol. The Kier molecular flexibility index (Phi) is 6.40. The van der Waals surface area contributed by atoms with E-state index in [2.05, 4.69) is 43.5 Å². The van der Waals surface area contributed by atoms with E-state index in [0.29, 0.717) is 12.0 Å². The summed E-state index contributed by atoms with van der Waals surface area (Å²) in [6.07, 6.45) is 6.68. The fraction of sp³-hybridized carbons (Fsp3) is 0.647. The first-order valence-corrected chi connectivity index (χ1v) is 8.95. The zero-order valence-corrected chi connectivity index (χ0v) is 13.6. The number of benzene rings is 1. The molecule has 1 aromatic carbocycles. The van der Waals surface area contributed by atoms with Gasteiger partial charge in [0.2, 0.25) is 0 Å². The predicted molar refractivity (Wildman–Crippen MR) is 88.6 cm³/mol. The molecule has 2 nitrogen and oxygen atoms in total. The summed E-state index contributed by atoms with van der Waals surface area (Å²) in [6.45, 7) is 4.50. The normalized spacial score (nSPS) is 24.6. The van der Waals surface area contributed by atoms with Crippen molar-refractivity contribution < 1.29 is 0 Å². The lowest BCUT2D eigenvalue weighted by atomic mass is 9.75. The molecule has 2 rings (SSSR count). The third kappa shape index (κ3) is 4.00. The Labute approximate surface area is 127 Å². The van der Waals surface area contributed by atoms with E-state index in [-0.39, 0.29) is 0 Å². The van der Waals surface area contributed by atoms with Crippen molar-refractivity contribution in [3.05, 3.63) is 29.8 Å². The van der Waals surface area contributed by atoms with Gasteiger partial charge < -0.3 is 0 Å². The van der Waals surface area contributed by atoms with Crippen LogP contribution >= 0.6 is 11.8 Å². The molecule has 1 aliphatic carbocycles. The van der Waals surface area contributed by atoms with Crippen molar-refractivity contribution in [3.8, 4) is 0 Å². The van der Waals surface area contributed by atoms with E-state index in [4.69, 9.17) is 5.84 Å². The lowest BCUT2D eigenvalue weighted by molar-refractivity contribution is 0.210. The molecule has 0 bridgehead atoms. The highest BCUT2D eigenvalue weighted by Crippen LogP contribution is 2.38. The molecular formula is C17H28N2S. The molecule has 0 spiro atoms. The Balaban J connectivity index is 2.06. The van der Waals surface area contributed by atoms with Crippen molar-refractivity contribution in [2.45, 2.75) is 56.9 Å². The summed E-state index contributed by atoms with van der Waals surface area (Å²) in [6, 6.07) is 9.27. The highest BCUT2D eigenvalue weighted by atomic mass is 32.2. The molecule has 112 valence electrons. The maximum atomic E-state index is 5.86. The van der Waals surface area contributed by atoms with Crippen LogP contribution < -0.4 is 11.3 Å². The standard InChI is InChI=1S/C17H28N2S/c1-3-13-6-5-7-15(12-13)17(19-18)14-8-10-16(11-9-14)20-4-2/h8-11,13,15,17,19H,3-7,12,18H2,1-2H3. The summed E-state index contributed by atoms with van der Waals surface area (Å²) in [7, 11) is 0. The molecule has 0 saturated heterocycles. The van der Waals surface area contributed by atoms with Gasteiger partial charge in [0.25, 0.3) is 0 Å². The van der Waals surface area contributed by atoms with E-state index >= 15 is 0 Å². The van der Waals surface area contributed by atoms with Crippen LogP contribution in [0.25, 0.3) is 0 Å². The molecule has 1 fully saturated rings. The smallest absolute Gasteiger partial charge is 0.0488 e. The SMILES string of the molecule is CCSc1ccc(C(NN)C2CCCC(CC)C2)cc1. The minimum Gasteiger partial charge on any atom is -0.271 e. The highest BCUT2D eigenvalue weighted by molar-refractivity contribution is 7.99. The summed E-state index contributed by atoms with van der Waals surface area (Å²) in [5.74, 6) is 8.56. The number of rotatable bonds is 6. The summed E-state index contributed by atoms with van der Waals surface area (Å²) in [4.78, 5) is 1.35. The lowest BCUT2D eigenvalue weighted by Crippen LogP contribution is -2.35. The number of hydrogen-bond acceptors (Lipinski definition) is 3. The predicted octanol–water partition coefficient (Wildman–Crippen LogP) is 4.52. The third-order valence-electron chi connectivity index (χ3n) is 4.60. The summed E-state index contributed by atoms with van der Waals surface area (Å²) in [5.41, 5.74) is 4.42. The van der Waals surface area contributed by atoms with E-state index in [1.165, 1.54) is 42.6 Å². The Morgan fingerprint density at radius 2 is 2.00 bits per heavy atom. The zero-order valence-electron chi connectivity index (χ0n) is 12.8. The molecule has 20 heavy (non-hydrogen) atoms. The van der Waals surface area contributed by atoms with E-state index < -0.39 is 0 Å². The van der Waals surface area contributed by atoms with Gasteiger partial charge in [-0.1, -0.05) is 45.2 Å². The first kappa shape index (κ1) is 15.9. The molecule has 0 amide bonds. The van der Waals surface area contributed by atoms with Crippen LogP contribution in [-0.4, -0.2) is 5.75 Å². The van der Waals surface area contributed by atoms with E-state index in [1.807, 2.05) is 11.8 Å². The zero-order chi connectivity index (χ0) is 14.4. The Morgan fingerprint density at radius 3 is 2.60 bits per heavy atom. The van der Waals surface area contributed by atoms with E-state index in [0.717, 1.165) is 11.7 Å². The monoisotopic (exact) mass is 292 g/mol. The van der Waals surface area contributed by atoms with Crippen LogP contribution in [0.3, 0.4) is 0 Å².